The van der Waals surface area contributed by atoms with Gasteiger partial charge in [-0.2, -0.15) is 0 Å². The van der Waals surface area contributed by atoms with Gasteiger partial charge in [0, 0.05) is 38.8 Å². The van der Waals surface area contributed by atoms with Gasteiger partial charge in [0.05, 0.1) is 0 Å². The molecule has 1 aliphatic heterocycles. The van der Waals surface area contributed by atoms with E-state index in [9.17, 15) is 10.1 Å². The van der Waals surface area contributed by atoms with E-state index in [0.29, 0.717) is 10.2 Å². The van der Waals surface area contributed by atoms with E-state index in [1.54, 1.807) is 39.8 Å². The van der Waals surface area contributed by atoms with E-state index in [2.05, 4.69) is 20.9 Å². The van der Waals surface area contributed by atoms with Gasteiger partial charge in [0.15, 0.2) is 0 Å². The quantitative estimate of drug-likeness (QED) is 0.454. The normalized spacial score (nSPS) is 21.5. The first-order chi connectivity index (χ1) is 8.19. The molecule has 0 amide bonds. The van der Waals surface area contributed by atoms with E-state index in [1.807, 2.05) is 0 Å². The fourth-order valence-corrected chi connectivity index (χ4v) is 2.09. The molecule has 0 bridgehead atoms. The predicted octanol–water partition coefficient (Wildman–Crippen LogP) is 2.45. The summed E-state index contributed by atoms with van der Waals surface area (Å²) in [4.78, 5) is 16.4. The number of hydrogen-bond donors (Lipinski definition) is 0. The van der Waals surface area contributed by atoms with Crippen LogP contribution in [0.5, 0.6) is 0 Å². The van der Waals surface area contributed by atoms with E-state index < -0.39 is 11.1 Å². The highest BCUT2D eigenvalue weighted by atomic mass is 79.9. The molecule has 0 saturated heterocycles. The molecule has 5 nitrogen and oxygen atoms in total. The van der Waals surface area contributed by atoms with Gasteiger partial charge in [0.1, 0.15) is 14.9 Å². The molecule has 0 atom stereocenters. The van der Waals surface area contributed by atoms with Crippen LogP contribution in [0.4, 0.5) is 0 Å². The van der Waals surface area contributed by atoms with Crippen LogP contribution < -0.4 is 0 Å². The average molecular weight is 313 g/mol. The Kier molecular flexibility index (Phi) is 2.81. The lowest BCUT2D eigenvalue weighted by molar-refractivity contribution is -0.555. The highest BCUT2D eigenvalue weighted by Crippen LogP contribution is 2.35. The Morgan fingerprint density at radius 2 is 1.83 bits per heavy atom. The largest absolute Gasteiger partial charge is 0.618 e. The SMILES string of the molecule is CC1(C)[N+](=O)C(c2ccc(Br)nc2)=[N+]([O-])C1(C)C. The molecule has 1 aromatic heterocycles. The van der Waals surface area contributed by atoms with Crippen molar-refractivity contribution in [1.29, 1.82) is 0 Å². The standard InChI is InChI=1S/C12H15BrN3O2/c1-11(2)12(3,4)16(18)10(15(11)17)8-5-6-9(13)14-7-8/h5-7H,1-4H3/q+1. The minimum Gasteiger partial charge on any atom is -0.618 e. The number of nitrogens with zero attached hydrogens (tertiary/aromatic N) is 3. The number of rotatable bonds is 1. The van der Waals surface area contributed by atoms with E-state index in [-0.39, 0.29) is 5.84 Å². The van der Waals surface area contributed by atoms with Crippen LogP contribution in [-0.4, -0.2) is 31.4 Å². The summed E-state index contributed by atoms with van der Waals surface area (Å²) in [5.41, 5.74) is -1.06. The summed E-state index contributed by atoms with van der Waals surface area (Å²) in [6.45, 7) is 7.07. The molecule has 6 heteroatoms. The number of amidine groups is 1. The third-order valence-electron chi connectivity index (χ3n) is 3.88. The molecule has 0 spiro atoms. The van der Waals surface area contributed by atoms with Crippen LogP contribution in [-0.2, 0) is 0 Å². The molecule has 0 aromatic carbocycles. The fourth-order valence-electron chi connectivity index (χ4n) is 1.85. The molecule has 0 saturated carbocycles. The summed E-state index contributed by atoms with van der Waals surface area (Å²) in [7, 11) is 0. The van der Waals surface area contributed by atoms with E-state index >= 15 is 0 Å². The molecule has 2 heterocycles. The monoisotopic (exact) mass is 312 g/mol. The van der Waals surface area contributed by atoms with Crippen LogP contribution in [0.15, 0.2) is 22.9 Å². The number of halogens is 1. The van der Waals surface area contributed by atoms with Gasteiger partial charge in [-0.3, -0.25) is 0 Å². The second kappa shape index (κ2) is 3.85. The van der Waals surface area contributed by atoms with Gasteiger partial charge >= 0.3 is 5.84 Å². The maximum atomic E-state index is 12.3. The number of hydroxylamine groups is 1. The van der Waals surface area contributed by atoms with E-state index in [0.717, 1.165) is 9.50 Å². The molecule has 2 rings (SSSR count). The lowest BCUT2D eigenvalue weighted by atomic mass is 9.84. The zero-order valence-electron chi connectivity index (χ0n) is 10.8. The summed E-state index contributed by atoms with van der Waals surface area (Å²) >= 11 is 3.23. The molecule has 18 heavy (non-hydrogen) atoms. The third kappa shape index (κ3) is 1.59. The van der Waals surface area contributed by atoms with Crippen LogP contribution in [0.25, 0.3) is 0 Å². The molecular formula is C12H15BrN3O2+. The van der Waals surface area contributed by atoms with Gasteiger partial charge in [-0.25, -0.2) is 4.98 Å². The number of nitroso groups, excluding NO2 is 1. The molecule has 0 radical (unpaired) electrons. The van der Waals surface area contributed by atoms with Crippen molar-refractivity contribution in [3.05, 3.63) is 38.6 Å². The van der Waals surface area contributed by atoms with E-state index in [1.165, 1.54) is 6.20 Å². The maximum absolute atomic E-state index is 12.3. The molecule has 0 N–H and O–H groups in total. The van der Waals surface area contributed by atoms with Crippen molar-refractivity contribution < 1.29 is 9.50 Å². The number of aromatic nitrogens is 1. The van der Waals surface area contributed by atoms with Gasteiger partial charge in [-0.05, 0) is 28.1 Å². The predicted molar refractivity (Wildman–Crippen MR) is 71.5 cm³/mol. The summed E-state index contributed by atoms with van der Waals surface area (Å²) in [5, 5.41) is 12.3. The molecule has 1 aromatic rings. The Morgan fingerprint density at radius 3 is 2.22 bits per heavy atom. The lowest BCUT2D eigenvalue weighted by Gasteiger charge is -2.22. The minimum absolute atomic E-state index is 0.116. The van der Waals surface area contributed by atoms with Crippen LogP contribution in [0.2, 0.25) is 0 Å². The molecule has 1 aliphatic rings. The Hall–Kier alpha value is -1.30. The number of pyridine rings is 1. The first-order valence-electron chi connectivity index (χ1n) is 5.63. The summed E-state index contributed by atoms with van der Waals surface area (Å²) in [6, 6.07) is 3.42. The molecule has 0 fully saturated rings. The first kappa shape index (κ1) is 13.1. The second-order valence-corrected chi connectivity index (χ2v) is 6.21. The van der Waals surface area contributed by atoms with Gasteiger partial charge in [-0.15, -0.1) is 4.74 Å². The van der Waals surface area contributed by atoms with Gasteiger partial charge < -0.3 is 5.21 Å². The van der Waals surface area contributed by atoms with Crippen LogP contribution >= 0.6 is 15.9 Å². The van der Waals surface area contributed by atoms with Crippen molar-refractivity contribution >= 4 is 21.8 Å². The van der Waals surface area contributed by atoms with Crippen LogP contribution in [0, 0.1) is 10.1 Å². The summed E-state index contributed by atoms with van der Waals surface area (Å²) < 4.78 is 2.23. The van der Waals surface area contributed by atoms with Crippen molar-refractivity contribution in [2.45, 2.75) is 38.8 Å². The van der Waals surface area contributed by atoms with Crippen molar-refractivity contribution in [2.24, 2.45) is 0 Å². The zero-order chi connectivity index (χ0) is 13.7. The van der Waals surface area contributed by atoms with Crippen LogP contribution in [0.3, 0.4) is 0 Å². The van der Waals surface area contributed by atoms with E-state index in [4.69, 9.17) is 0 Å². The highest BCUT2D eigenvalue weighted by molar-refractivity contribution is 9.10. The van der Waals surface area contributed by atoms with Gasteiger partial charge in [0.25, 0.3) is 5.54 Å². The average Bonchev–Trinajstić information content (AvgIpc) is 2.41. The van der Waals surface area contributed by atoms with Crippen molar-refractivity contribution in [1.82, 2.24) is 4.98 Å². The van der Waals surface area contributed by atoms with Crippen molar-refractivity contribution in [3.8, 4) is 0 Å². The summed E-state index contributed by atoms with van der Waals surface area (Å²) in [5.74, 6) is 0.116. The zero-order valence-corrected chi connectivity index (χ0v) is 12.4. The van der Waals surface area contributed by atoms with Gasteiger partial charge in [-0.1, -0.05) is 0 Å². The highest BCUT2D eigenvalue weighted by Gasteiger charge is 2.68. The van der Waals surface area contributed by atoms with Gasteiger partial charge in [0.2, 0.25) is 5.54 Å². The Labute approximate surface area is 114 Å². The first-order valence-corrected chi connectivity index (χ1v) is 6.42. The smallest absolute Gasteiger partial charge is 0.506 e. The molecule has 0 aliphatic carbocycles. The third-order valence-corrected chi connectivity index (χ3v) is 4.35. The second-order valence-electron chi connectivity index (χ2n) is 5.40. The maximum Gasteiger partial charge on any atom is 0.506 e. The molecule has 0 unspecified atom stereocenters. The lowest BCUT2D eigenvalue weighted by Crippen LogP contribution is -2.50. The Bertz CT molecular complexity index is 547. The Balaban J connectivity index is 2.61. The summed E-state index contributed by atoms with van der Waals surface area (Å²) in [6.07, 6.45) is 1.52. The van der Waals surface area contributed by atoms with Crippen LogP contribution in [0.1, 0.15) is 33.3 Å². The fraction of sp³-hybridized carbons (Fsp3) is 0.500. The van der Waals surface area contributed by atoms with Crippen molar-refractivity contribution in [2.75, 3.05) is 0 Å². The molecule has 96 valence electrons. The van der Waals surface area contributed by atoms with Crippen molar-refractivity contribution in [3.63, 3.8) is 0 Å². The number of hydrogen-bond acceptors (Lipinski definition) is 3. The Morgan fingerprint density at radius 1 is 1.22 bits per heavy atom. The molecular weight excluding hydrogens is 298 g/mol. The topological polar surface area (TPSA) is 59.0 Å². The minimum atomic E-state index is -0.794.